The van der Waals surface area contributed by atoms with Crippen molar-refractivity contribution >= 4 is 19.9 Å². The van der Waals surface area contributed by atoms with Crippen molar-refractivity contribution in [3.8, 4) is 0 Å². The molecule has 1 N–H and O–H groups in total. The van der Waals surface area contributed by atoms with Crippen LogP contribution in [0.15, 0.2) is 23.1 Å². The van der Waals surface area contributed by atoms with Gasteiger partial charge in [-0.25, -0.2) is 21.6 Å². The van der Waals surface area contributed by atoms with Crippen LogP contribution in [-0.2, 0) is 19.9 Å². The second-order valence-corrected chi connectivity index (χ2v) is 8.29. The number of hydrogen-bond donors (Lipinski definition) is 1. The molecular weight excluding hydrogens is 274 g/mol. The van der Waals surface area contributed by atoms with E-state index in [1.807, 2.05) is 6.07 Å². The van der Waals surface area contributed by atoms with Gasteiger partial charge in [-0.1, -0.05) is 12.1 Å². The summed E-state index contributed by atoms with van der Waals surface area (Å²) in [5, 5.41) is 0. The lowest BCUT2D eigenvalue weighted by Crippen LogP contribution is -2.29. The minimum Gasteiger partial charge on any atom is -0.229 e. The summed E-state index contributed by atoms with van der Waals surface area (Å²) in [5.74, 6) is -0.211. The third-order valence-electron chi connectivity index (χ3n) is 2.40. The van der Waals surface area contributed by atoms with Gasteiger partial charge in [0.15, 0.2) is 0 Å². The van der Waals surface area contributed by atoms with Gasteiger partial charge in [-0.3, -0.25) is 0 Å². The molecule has 0 saturated carbocycles. The van der Waals surface area contributed by atoms with E-state index in [2.05, 4.69) is 4.72 Å². The van der Waals surface area contributed by atoms with Crippen molar-refractivity contribution < 1.29 is 16.8 Å². The summed E-state index contributed by atoms with van der Waals surface area (Å²) in [4.78, 5) is 0.191. The summed E-state index contributed by atoms with van der Waals surface area (Å²) in [6.07, 6.45) is 1.07. The summed E-state index contributed by atoms with van der Waals surface area (Å²) >= 11 is 0. The third-order valence-corrected chi connectivity index (χ3v) is 4.95. The van der Waals surface area contributed by atoms with E-state index in [0.29, 0.717) is 5.56 Å². The Balaban J connectivity index is 2.90. The molecule has 0 spiro atoms. The summed E-state index contributed by atoms with van der Waals surface area (Å²) < 4.78 is 48.1. The molecule has 0 unspecified atom stereocenters. The average Bonchev–Trinajstić information content (AvgIpc) is 2.19. The molecule has 0 aliphatic carbocycles. The fourth-order valence-electron chi connectivity index (χ4n) is 1.44. The fourth-order valence-corrected chi connectivity index (χ4v) is 3.40. The Bertz CT molecular complexity index is 633. The molecular formula is C11H17NO4S2. The van der Waals surface area contributed by atoms with E-state index in [1.165, 1.54) is 0 Å². The maximum Gasteiger partial charge on any atom is 0.240 e. The van der Waals surface area contributed by atoms with Gasteiger partial charge >= 0.3 is 0 Å². The molecule has 0 radical (unpaired) electrons. The lowest BCUT2D eigenvalue weighted by Gasteiger charge is -2.09. The van der Waals surface area contributed by atoms with Crippen LogP contribution in [0.3, 0.4) is 0 Å². The molecule has 0 atom stereocenters. The number of aryl methyl sites for hydroxylation is 2. The summed E-state index contributed by atoms with van der Waals surface area (Å²) in [6, 6.07) is 5.11. The van der Waals surface area contributed by atoms with E-state index in [1.54, 1.807) is 26.0 Å². The minimum atomic E-state index is -3.65. The standard InChI is InChI=1S/C11H17NO4S2/c1-9-4-5-10(2)11(8-9)18(15,16)12-6-7-17(3,13)14/h4-5,8,12H,6-7H2,1-3H3. The normalized spacial score (nSPS) is 12.6. The molecule has 0 bridgehead atoms. The highest BCUT2D eigenvalue weighted by Crippen LogP contribution is 2.16. The van der Waals surface area contributed by atoms with Crippen LogP contribution >= 0.6 is 0 Å². The molecule has 0 heterocycles. The first-order valence-electron chi connectivity index (χ1n) is 5.36. The molecule has 0 amide bonds. The van der Waals surface area contributed by atoms with E-state index in [9.17, 15) is 16.8 Å². The fraction of sp³-hybridized carbons (Fsp3) is 0.455. The van der Waals surface area contributed by atoms with Gasteiger partial charge in [0.05, 0.1) is 10.6 Å². The number of hydrogen-bond acceptors (Lipinski definition) is 4. The molecule has 0 saturated heterocycles. The second-order valence-electron chi connectivity index (χ2n) is 4.30. The topological polar surface area (TPSA) is 80.3 Å². The molecule has 1 aromatic carbocycles. The Morgan fingerprint density at radius 1 is 1.11 bits per heavy atom. The van der Waals surface area contributed by atoms with E-state index < -0.39 is 19.9 Å². The Morgan fingerprint density at radius 2 is 1.72 bits per heavy atom. The van der Waals surface area contributed by atoms with E-state index in [-0.39, 0.29) is 17.2 Å². The average molecular weight is 291 g/mol. The van der Waals surface area contributed by atoms with Crippen molar-refractivity contribution in [1.82, 2.24) is 4.72 Å². The largest absolute Gasteiger partial charge is 0.240 e. The molecule has 1 aromatic rings. The van der Waals surface area contributed by atoms with Gasteiger partial charge in [0.1, 0.15) is 9.84 Å². The van der Waals surface area contributed by atoms with Crippen LogP contribution in [-0.4, -0.2) is 35.4 Å². The monoisotopic (exact) mass is 291 g/mol. The quantitative estimate of drug-likeness (QED) is 0.862. The Labute approximate surface area is 108 Å². The first-order valence-corrected chi connectivity index (χ1v) is 8.91. The lowest BCUT2D eigenvalue weighted by molar-refractivity contribution is 0.581. The number of rotatable bonds is 5. The van der Waals surface area contributed by atoms with E-state index in [4.69, 9.17) is 0 Å². The summed E-state index contributed by atoms with van der Waals surface area (Å²) in [5.41, 5.74) is 1.47. The van der Waals surface area contributed by atoms with Gasteiger partial charge in [0, 0.05) is 12.8 Å². The van der Waals surface area contributed by atoms with E-state index >= 15 is 0 Å². The Hall–Kier alpha value is -0.920. The number of benzene rings is 1. The Kier molecular flexibility index (Phi) is 4.52. The van der Waals surface area contributed by atoms with Crippen LogP contribution in [0.25, 0.3) is 0 Å². The van der Waals surface area contributed by atoms with Crippen LogP contribution < -0.4 is 4.72 Å². The highest BCUT2D eigenvalue weighted by atomic mass is 32.2. The second kappa shape index (κ2) is 5.38. The van der Waals surface area contributed by atoms with Gasteiger partial charge in [-0.05, 0) is 31.0 Å². The van der Waals surface area contributed by atoms with Crippen LogP contribution in [0.4, 0.5) is 0 Å². The van der Waals surface area contributed by atoms with Gasteiger partial charge in [0.2, 0.25) is 10.0 Å². The smallest absolute Gasteiger partial charge is 0.229 e. The number of sulfonamides is 1. The molecule has 7 heteroatoms. The van der Waals surface area contributed by atoms with Gasteiger partial charge < -0.3 is 0 Å². The van der Waals surface area contributed by atoms with Crippen molar-refractivity contribution in [1.29, 1.82) is 0 Å². The van der Waals surface area contributed by atoms with Crippen LogP contribution in [0.5, 0.6) is 0 Å². The Morgan fingerprint density at radius 3 is 2.28 bits per heavy atom. The number of sulfone groups is 1. The first-order chi connectivity index (χ1) is 8.12. The number of nitrogens with one attached hydrogen (secondary N) is 1. The lowest BCUT2D eigenvalue weighted by atomic mass is 10.2. The molecule has 5 nitrogen and oxygen atoms in total. The maximum atomic E-state index is 12.0. The van der Waals surface area contributed by atoms with Gasteiger partial charge in [-0.15, -0.1) is 0 Å². The maximum absolute atomic E-state index is 12.0. The van der Waals surface area contributed by atoms with Crippen molar-refractivity contribution in [3.63, 3.8) is 0 Å². The van der Waals surface area contributed by atoms with Crippen molar-refractivity contribution in [2.24, 2.45) is 0 Å². The molecule has 0 fully saturated rings. The van der Waals surface area contributed by atoms with Gasteiger partial charge in [0.25, 0.3) is 0 Å². The zero-order chi connectivity index (χ0) is 14.0. The molecule has 0 aliphatic rings. The summed E-state index contributed by atoms with van der Waals surface area (Å²) in [7, 11) is -6.82. The third kappa shape index (κ3) is 4.40. The highest BCUT2D eigenvalue weighted by molar-refractivity contribution is 7.91. The molecule has 0 aromatic heterocycles. The van der Waals surface area contributed by atoms with Crippen molar-refractivity contribution in [2.75, 3.05) is 18.6 Å². The van der Waals surface area contributed by atoms with E-state index in [0.717, 1.165) is 11.8 Å². The first kappa shape index (κ1) is 15.1. The molecule has 18 heavy (non-hydrogen) atoms. The molecule has 102 valence electrons. The van der Waals surface area contributed by atoms with Crippen molar-refractivity contribution in [3.05, 3.63) is 29.3 Å². The zero-order valence-corrected chi connectivity index (χ0v) is 12.2. The predicted octanol–water partition coefficient (Wildman–Crippen LogP) is 0.626. The highest BCUT2D eigenvalue weighted by Gasteiger charge is 2.17. The van der Waals surface area contributed by atoms with Gasteiger partial charge in [-0.2, -0.15) is 0 Å². The SMILES string of the molecule is Cc1ccc(C)c(S(=O)(=O)NCCS(C)(=O)=O)c1. The van der Waals surface area contributed by atoms with Crippen molar-refractivity contribution in [2.45, 2.75) is 18.7 Å². The summed E-state index contributed by atoms with van der Waals surface area (Å²) in [6.45, 7) is 3.38. The van der Waals surface area contributed by atoms with Crippen LogP contribution in [0, 0.1) is 13.8 Å². The zero-order valence-electron chi connectivity index (χ0n) is 10.6. The molecule has 1 rings (SSSR count). The predicted molar refractivity (Wildman–Crippen MR) is 70.8 cm³/mol. The van der Waals surface area contributed by atoms with Crippen LogP contribution in [0.1, 0.15) is 11.1 Å². The molecule has 0 aliphatic heterocycles. The van der Waals surface area contributed by atoms with Crippen LogP contribution in [0.2, 0.25) is 0 Å². The minimum absolute atomic E-state index is 0.117.